The van der Waals surface area contributed by atoms with Crippen LogP contribution in [-0.4, -0.2) is 49.2 Å². The zero-order valence-corrected chi connectivity index (χ0v) is 19.1. The van der Waals surface area contributed by atoms with Crippen LogP contribution in [0.5, 0.6) is 0 Å². The topological polar surface area (TPSA) is 129 Å². The largest absolute Gasteiger partial charge is 0.365 e. The summed E-state index contributed by atoms with van der Waals surface area (Å²) in [5, 5.41) is 23.7. The SMILES string of the molecule is N#CCC1(n2cc(C(N)=O)c(NC3(F)C=CC=CN3)n2)CCN(Cc2cnn3ccccc23)CC1. The third kappa shape index (κ3) is 4.36. The quantitative estimate of drug-likeness (QED) is 0.447. The first-order valence-corrected chi connectivity index (χ1v) is 11.4. The summed E-state index contributed by atoms with van der Waals surface area (Å²) in [6.45, 7) is 2.19. The molecule has 0 spiro atoms. The molecule has 5 rings (SSSR count). The molecule has 11 heteroatoms. The van der Waals surface area contributed by atoms with E-state index in [0.29, 0.717) is 12.8 Å². The molecular formula is C24H26FN9O. The predicted molar refractivity (Wildman–Crippen MR) is 128 cm³/mol. The maximum absolute atomic E-state index is 15.1. The Labute approximate surface area is 201 Å². The van der Waals surface area contributed by atoms with E-state index in [1.165, 1.54) is 18.5 Å². The maximum Gasteiger partial charge on any atom is 0.276 e. The molecule has 3 aromatic heterocycles. The van der Waals surface area contributed by atoms with Crippen LogP contribution >= 0.6 is 0 Å². The average molecular weight is 476 g/mol. The number of halogens is 1. The second-order valence-corrected chi connectivity index (χ2v) is 8.94. The van der Waals surface area contributed by atoms with Crippen LogP contribution in [0.2, 0.25) is 0 Å². The number of pyridine rings is 1. The number of likely N-dealkylation sites (tertiary alicyclic amines) is 1. The van der Waals surface area contributed by atoms with Gasteiger partial charge in [0.05, 0.1) is 29.7 Å². The van der Waals surface area contributed by atoms with Crippen LogP contribution < -0.4 is 16.4 Å². The highest BCUT2D eigenvalue weighted by Gasteiger charge is 2.39. The molecule has 5 heterocycles. The summed E-state index contributed by atoms with van der Waals surface area (Å²) in [6, 6.07) is 8.25. The van der Waals surface area contributed by atoms with E-state index >= 15 is 4.39 Å². The Hall–Kier alpha value is -4.17. The van der Waals surface area contributed by atoms with Crippen molar-refractivity contribution in [3.8, 4) is 6.07 Å². The van der Waals surface area contributed by atoms with Crippen molar-refractivity contribution in [2.75, 3.05) is 18.4 Å². The number of carbonyl (C=O) groups excluding carboxylic acids is 1. The van der Waals surface area contributed by atoms with E-state index in [9.17, 15) is 10.1 Å². The number of fused-ring (bicyclic) bond motifs is 1. The van der Waals surface area contributed by atoms with Crippen molar-refractivity contribution in [1.29, 1.82) is 5.26 Å². The Morgan fingerprint density at radius 3 is 2.86 bits per heavy atom. The van der Waals surface area contributed by atoms with Crippen LogP contribution in [0.1, 0.15) is 35.2 Å². The van der Waals surface area contributed by atoms with Gasteiger partial charge in [0.1, 0.15) is 5.56 Å². The van der Waals surface area contributed by atoms with Crippen LogP contribution in [0, 0.1) is 11.3 Å². The van der Waals surface area contributed by atoms with Crippen molar-refractivity contribution in [3.05, 3.63) is 72.3 Å². The van der Waals surface area contributed by atoms with E-state index in [-0.39, 0.29) is 17.8 Å². The van der Waals surface area contributed by atoms with Gasteiger partial charge in [-0.2, -0.15) is 19.8 Å². The minimum Gasteiger partial charge on any atom is -0.365 e. The molecule has 3 aromatic rings. The second kappa shape index (κ2) is 8.88. The van der Waals surface area contributed by atoms with Gasteiger partial charge in [-0.15, -0.1) is 0 Å². The third-order valence-electron chi connectivity index (χ3n) is 6.69. The maximum atomic E-state index is 15.1. The van der Waals surface area contributed by atoms with E-state index < -0.39 is 17.4 Å². The van der Waals surface area contributed by atoms with Crippen molar-refractivity contribution < 1.29 is 9.18 Å². The highest BCUT2D eigenvalue weighted by Crippen LogP contribution is 2.35. The minimum absolute atomic E-state index is 0.0264. The number of alkyl halides is 1. The Kier molecular flexibility index (Phi) is 5.74. The van der Waals surface area contributed by atoms with Crippen molar-refractivity contribution in [3.63, 3.8) is 0 Å². The molecule has 0 aliphatic carbocycles. The molecule has 1 unspecified atom stereocenters. The highest BCUT2D eigenvalue weighted by molar-refractivity contribution is 5.97. The van der Waals surface area contributed by atoms with E-state index in [0.717, 1.165) is 30.7 Å². The molecule has 2 aliphatic rings. The van der Waals surface area contributed by atoms with Crippen LogP contribution in [0.25, 0.3) is 5.52 Å². The molecule has 4 N–H and O–H groups in total. The fourth-order valence-corrected chi connectivity index (χ4v) is 4.71. The van der Waals surface area contributed by atoms with Gasteiger partial charge in [-0.1, -0.05) is 12.1 Å². The summed E-state index contributed by atoms with van der Waals surface area (Å²) in [4.78, 5) is 14.5. The number of nitrogens with one attached hydrogen (secondary N) is 2. The van der Waals surface area contributed by atoms with E-state index in [2.05, 4.69) is 31.8 Å². The standard InChI is InChI=1S/C24H26FN9O/c25-24(6-2-3-11-28-24)30-22-19(21(27)35)17-34(31-22)23(7-10-26)8-13-32(14-9-23)16-18-15-29-33-12-4-1-5-20(18)33/h1-6,11-12,15,17,28H,7-9,13-14,16H2,(H2,27,35)(H,30,31). The first-order valence-electron chi connectivity index (χ1n) is 11.4. The summed E-state index contributed by atoms with van der Waals surface area (Å²) in [7, 11) is 0. The average Bonchev–Trinajstić information content (AvgIpc) is 3.46. The van der Waals surface area contributed by atoms with Gasteiger partial charge in [0.2, 0.25) is 0 Å². The lowest BCUT2D eigenvalue weighted by molar-refractivity contribution is 0.0968. The lowest BCUT2D eigenvalue weighted by Gasteiger charge is -2.40. The predicted octanol–water partition coefficient (Wildman–Crippen LogP) is 2.24. The fourth-order valence-electron chi connectivity index (χ4n) is 4.71. The van der Waals surface area contributed by atoms with Crippen LogP contribution in [0.4, 0.5) is 10.2 Å². The molecule has 35 heavy (non-hydrogen) atoms. The number of primary amides is 1. The number of dihydropyridines is 1. The molecule has 0 bridgehead atoms. The van der Waals surface area contributed by atoms with E-state index in [4.69, 9.17) is 5.73 Å². The van der Waals surface area contributed by atoms with Crippen molar-refractivity contribution in [2.45, 2.75) is 37.3 Å². The number of piperidine rings is 1. The second-order valence-electron chi connectivity index (χ2n) is 8.94. The van der Waals surface area contributed by atoms with E-state index in [1.807, 2.05) is 35.1 Å². The van der Waals surface area contributed by atoms with Gasteiger partial charge in [-0.05, 0) is 37.1 Å². The van der Waals surface area contributed by atoms with Gasteiger partial charge in [0, 0.05) is 43.8 Å². The number of amides is 1. The number of hydrogen-bond donors (Lipinski definition) is 3. The highest BCUT2D eigenvalue weighted by atomic mass is 19.1. The Balaban J connectivity index is 1.36. The molecule has 180 valence electrons. The minimum atomic E-state index is -2.11. The number of rotatable bonds is 7. The molecule has 0 radical (unpaired) electrons. The normalized spacial score (nSPS) is 21.5. The number of hydrogen-bond acceptors (Lipinski definition) is 7. The van der Waals surface area contributed by atoms with Gasteiger partial charge >= 0.3 is 0 Å². The Morgan fingerprint density at radius 1 is 1.31 bits per heavy atom. The Morgan fingerprint density at radius 2 is 2.14 bits per heavy atom. The summed E-state index contributed by atoms with van der Waals surface area (Å²) >= 11 is 0. The van der Waals surface area contributed by atoms with Gasteiger partial charge in [0.25, 0.3) is 11.8 Å². The van der Waals surface area contributed by atoms with Crippen LogP contribution in [0.3, 0.4) is 0 Å². The number of nitrogens with two attached hydrogens (primary N) is 1. The van der Waals surface area contributed by atoms with Crippen LogP contribution in [-0.2, 0) is 12.1 Å². The van der Waals surface area contributed by atoms with Crippen molar-refractivity contribution in [1.82, 2.24) is 29.6 Å². The Bertz CT molecular complexity index is 1340. The smallest absolute Gasteiger partial charge is 0.276 e. The number of carbonyl (C=O) groups is 1. The zero-order chi connectivity index (χ0) is 24.5. The van der Waals surface area contributed by atoms with Gasteiger partial charge < -0.3 is 16.4 Å². The number of allylic oxidation sites excluding steroid dienone is 2. The number of nitriles is 1. The van der Waals surface area contributed by atoms with Gasteiger partial charge in [-0.25, -0.2) is 4.52 Å². The summed E-state index contributed by atoms with van der Waals surface area (Å²) < 4.78 is 18.6. The van der Waals surface area contributed by atoms with Gasteiger partial charge in [0.15, 0.2) is 5.82 Å². The molecule has 10 nitrogen and oxygen atoms in total. The molecule has 1 saturated heterocycles. The summed E-state index contributed by atoms with van der Waals surface area (Å²) in [6.07, 6.45) is 12.7. The van der Waals surface area contributed by atoms with Gasteiger partial charge in [-0.3, -0.25) is 14.4 Å². The molecule has 1 amide bonds. The first kappa shape index (κ1) is 22.6. The number of nitrogens with zero attached hydrogens (tertiary/aromatic N) is 6. The van der Waals surface area contributed by atoms with E-state index in [1.54, 1.807) is 16.8 Å². The van der Waals surface area contributed by atoms with Crippen molar-refractivity contribution in [2.24, 2.45) is 5.73 Å². The first-order chi connectivity index (χ1) is 16.9. The molecule has 0 saturated carbocycles. The third-order valence-corrected chi connectivity index (χ3v) is 6.69. The zero-order valence-electron chi connectivity index (χ0n) is 19.1. The monoisotopic (exact) mass is 475 g/mol. The molecule has 1 fully saturated rings. The lowest BCUT2D eigenvalue weighted by atomic mass is 9.84. The number of anilines is 1. The summed E-state index contributed by atoms with van der Waals surface area (Å²) in [5.74, 6) is -2.81. The lowest BCUT2D eigenvalue weighted by Crippen LogP contribution is -2.46. The molecule has 1 atom stereocenters. The molecule has 2 aliphatic heterocycles. The van der Waals surface area contributed by atoms with Crippen LogP contribution in [0.15, 0.2) is 61.2 Å². The summed E-state index contributed by atoms with van der Waals surface area (Å²) in [5.41, 5.74) is 7.22. The fraction of sp³-hybridized carbons (Fsp3) is 0.333. The van der Waals surface area contributed by atoms with Crippen molar-refractivity contribution >= 4 is 17.2 Å². The number of aromatic nitrogens is 4. The molecule has 0 aromatic carbocycles. The molecular weight excluding hydrogens is 449 g/mol.